The Morgan fingerprint density at radius 3 is 2.31 bits per heavy atom. The van der Waals surface area contributed by atoms with Gasteiger partial charge in [0.15, 0.2) is 0 Å². The van der Waals surface area contributed by atoms with E-state index in [0.29, 0.717) is 12.8 Å². The monoisotopic (exact) mass is 629 g/mol. The molecular formula is C31H25F6N5O3. The molecule has 2 aromatic carbocycles. The van der Waals surface area contributed by atoms with E-state index in [1.807, 2.05) is 0 Å². The number of furan rings is 1. The van der Waals surface area contributed by atoms with Gasteiger partial charge >= 0.3 is 12.1 Å². The summed E-state index contributed by atoms with van der Waals surface area (Å²) in [6, 6.07) is 14.2. The largest absolute Gasteiger partial charge is 0.455 e. The first kappa shape index (κ1) is 31.4. The Labute approximate surface area is 252 Å². The zero-order valence-corrected chi connectivity index (χ0v) is 23.6. The number of alkyl halides is 5. The van der Waals surface area contributed by atoms with E-state index in [-0.39, 0.29) is 44.7 Å². The molecule has 14 heteroatoms. The number of fused-ring (bicyclic) bond motifs is 1. The average Bonchev–Trinajstić information content (AvgIpc) is 3.64. The van der Waals surface area contributed by atoms with Gasteiger partial charge in [0.1, 0.15) is 22.9 Å². The molecule has 0 saturated heterocycles. The molecule has 234 valence electrons. The molecule has 1 saturated carbocycles. The highest BCUT2D eigenvalue weighted by atomic mass is 19.4. The van der Waals surface area contributed by atoms with Crippen LogP contribution in [0.15, 0.2) is 59.0 Å². The summed E-state index contributed by atoms with van der Waals surface area (Å²) in [5.74, 6) is -7.42. The van der Waals surface area contributed by atoms with E-state index in [4.69, 9.17) is 4.42 Å². The standard InChI is InChI=1S/C31H25F6N5O3/c1-39-27(44)23-22-14-21(18-5-4-6-19(13-18)26(43)42-29(15-38)11-2-3-12-29)25(40-16-30(33,34)31(35,36)37)41-28(22)45-24(23)17-7-9-20(32)10-8-17/h4-10,13-14H,2-3,11-12,16H2,1H3,(H,39,44)(H,40,41)(H,42,43). The van der Waals surface area contributed by atoms with Crippen LogP contribution in [0.25, 0.3) is 33.6 Å². The number of halogens is 6. The highest BCUT2D eigenvalue weighted by Crippen LogP contribution is 2.40. The minimum Gasteiger partial charge on any atom is -0.437 e. The van der Waals surface area contributed by atoms with Crippen molar-refractivity contribution >= 4 is 28.7 Å². The van der Waals surface area contributed by atoms with Gasteiger partial charge in [0.05, 0.1) is 23.6 Å². The van der Waals surface area contributed by atoms with Crippen molar-refractivity contribution in [3.8, 4) is 28.5 Å². The van der Waals surface area contributed by atoms with Crippen LogP contribution in [0.5, 0.6) is 0 Å². The molecule has 0 radical (unpaired) electrons. The molecule has 4 aromatic rings. The number of aromatic nitrogens is 1. The molecule has 1 aliphatic rings. The molecule has 45 heavy (non-hydrogen) atoms. The second-order valence-electron chi connectivity index (χ2n) is 10.6. The zero-order chi connectivity index (χ0) is 32.6. The van der Waals surface area contributed by atoms with Gasteiger partial charge in [0.25, 0.3) is 11.8 Å². The van der Waals surface area contributed by atoms with E-state index in [1.165, 1.54) is 49.5 Å². The third-order valence-corrected chi connectivity index (χ3v) is 7.60. The van der Waals surface area contributed by atoms with Crippen LogP contribution in [0.3, 0.4) is 0 Å². The molecule has 2 aromatic heterocycles. The maximum Gasteiger partial charge on any atom is 0.455 e. The van der Waals surface area contributed by atoms with Gasteiger partial charge in [-0.15, -0.1) is 0 Å². The SMILES string of the molecule is CNC(=O)c1c(-c2ccc(F)cc2)oc2nc(NCC(F)(F)C(F)(F)F)c(-c3cccc(C(=O)NC4(C#N)CCCC4)c3)cc12. The Morgan fingerprint density at radius 1 is 1.00 bits per heavy atom. The van der Waals surface area contributed by atoms with Gasteiger partial charge in [0.2, 0.25) is 5.71 Å². The lowest BCUT2D eigenvalue weighted by molar-refractivity contribution is -0.275. The number of anilines is 1. The van der Waals surface area contributed by atoms with Crippen molar-refractivity contribution in [1.29, 1.82) is 5.26 Å². The maximum atomic E-state index is 14.0. The van der Waals surface area contributed by atoms with Crippen LogP contribution in [-0.4, -0.2) is 48.0 Å². The van der Waals surface area contributed by atoms with Gasteiger partial charge in [-0.3, -0.25) is 9.59 Å². The molecule has 3 N–H and O–H groups in total. The topological polar surface area (TPSA) is 120 Å². The molecule has 0 atom stereocenters. The number of pyridine rings is 1. The van der Waals surface area contributed by atoms with Gasteiger partial charge in [-0.1, -0.05) is 12.1 Å². The summed E-state index contributed by atoms with van der Waals surface area (Å²) < 4.78 is 86.4. The maximum absolute atomic E-state index is 14.0. The molecule has 2 heterocycles. The van der Waals surface area contributed by atoms with Crippen LogP contribution >= 0.6 is 0 Å². The van der Waals surface area contributed by atoms with Crippen LogP contribution < -0.4 is 16.0 Å². The first-order chi connectivity index (χ1) is 21.3. The van der Waals surface area contributed by atoms with Crippen molar-refractivity contribution in [2.45, 2.75) is 43.3 Å². The number of nitrogens with one attached hydrogen (secondary N) is 3. The summed E-state index contributed by atoms with van der Waals surface area (Å²) in [7, 11) is 1.35. The fraction of sp³-hybridized carbons (Fsp3) is 0.290. The summed E-state index contributed by atoms with van der Waals surface area (Å²) in [5, 5.41) is 17.0. The molecule has 5 rings (SSSR count). The Bertz CT molecular complexity index is 1810. The molecule has 0 bridgehead atoms. The molecular weight excluding hydrogens is 604 g/mol. The van der Waals surface area contributed by atoms with Crippen LogP contribution in [0.2, 0.25) is 0 Å². The average molecular weight is 630 g/mol. The number of rotatable bonds is 8. The third-order valence-electron chi connectivity index (χ3n) is 7.60. The minimum absolute atomic E-state index is 0.0254. The van der Waals surface area contributed by atoms with E-state index in [2.05, 4.69) is 27.0 Å². The van der Waals surface area contributed by atoms with E-state index in [1.54, 1.807) is 0 Å². The van der Waals surface area contributed by atoms with Crippen molar-refractivity contribution in [1.82, 2.24) is 15.6 Å². The highest BCUT2D eigenvalue weighted by Gasteiger charge is 2.57. The highest BCUT2D eigenvalue weighted by molar-refractivity contribution is 6.11. The van der Waals surface area contributed by atoms with Crippen molar-refractivity contribution in [2.75, 3.05) is 18.9 Å². The van der Waals surface area contributed by atoms with E-state index < -0.39 is 47.6 Å². The Kier molecular flexibility index (Phi) is 8.22. The normalized spacial score (nSPS) is 14.6. The summed E-state index contributed by atoms with van der Waals surface area (Å²) in [4.78, 5) is 30.4. The Morgan fingerprint density at radius 2 is 1.69 bits per heavy atom. The van der Waals surface area contributed by atoms with Crippen molar-refractivity contribution in [3.05, 3.63) is 71.5 Å². The first-order valence-corrected chi connectivity index (χ1v) is 13.8. The molecule has 0 aliphatic heterocycles. The number of nitriles is 1. The lowest BCUT2D eigenvalue weighted by atomic mass is 9.97. The predicted octanol–water partition coefficient (Wildman–Crippen LogP) is 6.84. The van der Waals surface area contributed by atoms with E-state index in [0.717, 1.165) is 25.0 Å². The molecule has 0 unspecified atom stereocenters. The number of hydrogen-bond donors (Lipinski definition) is 3. The summed E-state index contributed by atoms with van der Waals surface area (Å²) >= 11 is 0. The van der Waals surface area contributed by atoms with Gasteiger partial charge in [0, 0.05) is 23.7 Å². The van der Waals surface area contributed by atoms with Crippen LogP contribution in [-0.2, 0) is 0 Å². The molecule has 1 fully saturated rings. The van der Waals surface area contributed by atoms with Crippen molar-refractivity contribution < 1.29 is 40.3 Å². The smallest absolute Gasteiger partial charge is 0.437 e. The lowest BCUT2D eigenvalue weighted by Crippen LogP contribution is -2.45. The first-order valence-electron chi connectivity index (χ1n) is 13.8. The summed E-state index contributed by atoms with van der Waals surface area (Å²) in [6.07, 6.45) is -3.40. The van der Waals surface area contributed by atoms with E-state index in [9.17, 15) is 41.2 Å². The third kappa shape index (κ3) is 6.15. The Hall–Kier alpha value is -5.06. The van der Waals surface area contributed by atoms with Crippen LogP contribution in [0, 0.1) is 17.1 Å². The van der Waals surface area contributed by atoms with Gasteiger partial charge in [-0.25, -0.2) is 4.39 Å². The second kappa shape index (κ2) is 11.8. The second-order valence-corrected chi connectivity index (χ2v) is 10.6. The quantitative estimate of drug-likeness (QED) is 0.184. The fourth-order valence-corrected chi connectivity index (χ4v) is 5.19. The summed E-state index contributed by atoms with van der Waals surface area (Å²) in [5.41, 5.74) is -0.857. The molecule has 0 spiro atoms. The number of carbonyl (C=O) groups excluding carboxylic acids is 2. The number of nitrogens with zero attached hydrogens (tertiary/aromatic N) is 2. The fourth-order valence-electron chi connectivity index (χ4n) is 5.19. The Balaban J connectivity index is 1.66. The van der Waals surface area contributed by atoms with Crippen LogP contribution in [0.4, 0.5) is 32.2 Å². The molecule has 1 aliphatic carbocycles. The van der Waals surface area contributed by atoms with Crippen molar-refractivity contribution in [3.63, 3.8) is 0 Å². The predicted molar refractivity (Wildman–Crippen MR) is 152 cm³/mol. The van der Waals surface area contributed by atoms with Crippen LogP contribution in [0.1, 0.15) is 46.4 Å². The van der Waals surface area contributed by atoms with E-state index >= 15 is 0 Å². The number of amides is 2. The zero-order valence-electron chi connectivity index (χ0n) is 23.6. The molecule has 8 nitrogen and oxygen atoms in total. The van der Waals surface area contributed by atoms with Crippen molar-refractivity contribution in [2.24, 2.45) is 0 Å². The van der Waals surface area contributed by atoms with Gasteiger partial charge in [-0.05, 0) is 73.7 Å². The number of carbonyl (C=O) groups is 2. The van der Waals surface area contributed by atoms with Gasteiger partial charge in [-0.2, -0.15) is 32.2 Å². The van der Waals surface area contributed by atoms with Gasteiger partial charge < -0.3 is 20.4 Å². The molecule has 2 amide bonds. The lowest BCUT2D eigenvalue weighted by Gasteiger charge is -2.22. The minimum atomic E-state index is -5.86. The number of benzene rings is 2. The summed E-state index contributed by atoms with van der Waals surface area (Å²) in [6.45, 7) is -1.87. The number of hydrogen-bond acceptors (Lipinski definition) is 6.